The molecule has 0 amide bonds. The van der Waals surface area contributed by atoms with Crippen LogP contribution < -0.4 is 15.2 Å². The molecule has 0 aromatic carbocycles. The Balaban J connectivity index is 2.56. The van der Waals surface area contributed by atoms with Crippen molar-refractivity contribution >= 4 is 11.9 Å². The van der Waals surface area contributed by atoms with Crippen molar-refractivity contribution in [3.63, 3.8) is 0 Å². The number of aromatic nitrogens is 2. The number of esters is 2. The standard InChI is InChI=1S/C9H6N2O5/c1-11-4-5-8(10-9(11)14)16-7(13)3-2-6(12)15-5/h2-4H,1H3/b3-2+. The minimum Gasteiger partial charge on any atom is -0.416 e. The van der Waals surface area contributed by atoms with E-state index in [4.69, 9.17) is 9.47 Å². The zero-order valence-corrected chi connectivity index (χ0v) is 8.17. The molecular formula is C9H6N2O5. The second-order valence-corrected chi connectivity index (χ2v) is 2.98. The van der Waals surface area contributed by atoms with E-state index in [-0.39, 0.29) is 11.6 Å². The predicted octanol–water partition coefficient (Wildman–Crippen LogP) is -0.839. The first-order chi connectivity index (χ1) is 7.56. The van der Waals surface area contributed by atoms with Crippen LogP contribution in [0.25, 0.3) is 0 Å². The summed E-state index contributed by atoms with van der Waals surface area (Å²) in [5.74, 6) is -1.92. The summed E-state index contributed by atoms with van der Waals surface area (Å²) in [5.41, 5.74) is -0.618. The third-order valence-corrected chi connectivity index (χ3v) is 1.78. The van der Waals surface area contributed by atoms with Gasteiger partial charge < -0.3 is 9.47 Å². The number of aryl methyl sites for hydroxylation is 1. The molecule has 0 radical (unpaired) electrons. The van der Waals surface area contributed by atoms with Crippen LogP contribution >= 0.6 is 0 Å². The summed E-state index contributed by atoms with van der Waals surface area (Å²) in [6.07, 6.45) is 3.04. The van der Waals surface area contributed by atoms with E-state index in [1.165, 1.54) is 13.2 Å². The molecule has 0 aliphatic carbocycles. The third-order valence-electron chi connectivity index (χ3n) is 1.78. The number of rotatable bonds is 0. The van der Waals surface area contributed by atoms with E-state index in [1.807, 2.05) is 0 Å². The lowest BCUT2D eigenvalue weighted by molar-refractivity contribution is -0.133. The average Bonchev–Trinajstić information content (AvgIpc) is 2.21. The molecule has 82 valence electrons. The van der Waals surface area contributed by atoms with E-state index in [2.05, 4.69) is 4.98 Å². The maximum Gasteiger partial charge on any atom is 0.350 e. The Labute approximate surface area is 88.9 Å². The van der Waals surface area contributed by atoms with Crippen LogP contribution in [0.4, 0.5) is 0 Å². The van der Waals surface area contributed by atoms with E-state index in [0.29, 0.717) is 0 Å². The van der Waals surface area contributed by atoms with Crippen molar-refractivity contribution in [3.05, 3.63) is 28.8 Å². The molecule has 0 fully saturated rings. The number of carbonyl (C=O) groups is 2. The van der Waals surface area contributed by atoms with Crippen molar-refractivity contribution in [2.24, 2.45) is 7.05 Å². The van der Waals surface area contributed by atoms with Gasteiger partial charge in [-0.25, -0.2) is 14.4 Å². The van der Waals surface area contributed by atoms with Gasteiger partial charge in [0, 0.05) is 19.2 Å². The highest BCUT2D eigenvalue weighted by Gasteiger charge is 2.18. The smallest absolute Gasteiger partial charge is 0.350 e. The topological polar surface area (TPSA) is 87.5 Å². The molecule has 1 aliphatic heterocycles. The molecule has 1 aliphatic rings. The molecule has 0 bridgehead atoms. The fourth-order valence-corrected chi connectivity index (χ4v) is 1.06. The van der Waals surface area contributed by atoms with Crippen LogP contribution in [-0.4, -0.2) is 21.5 Å². The lowest BCUT2D eigenvalue weighted by Gasteiger charge is -2.10. The minimum atomic E-state index is -0.793. The Morgan fingerprint density at radius 3 is 2.44 bits per heavy atom. The summed E-state index contributed by atoms with van der Waals surface area (Å²) >= 11 is 0. The Bertz CT molecular complexity index is 558. The lowest BCUT2D eigenvalue weighted by atomic mass is 10.4. The Morgan fingerprint density at radius 2 is 1.75 bits per heavy atom. The van der Waals surface area contributed by atoms with Gasteiger partial charge in [0.2, 0.25) is 5.75 Å². The first kappa shape index (κ1) is 10.1. The zero-order chi connectivity index (χ0) is 11.7. The molecule has 0 spiro atoms. The van der Waals surface area contributed by atoms with Gasteiger partial charge in [-0.2, -0.15) is 4.98 Å². The van der Waals surface area contributed by atoms with Gasteiger partial charge in [-0.05, 0) is 0 Å². The van der Waals surface area contributed by atoms with Crippen molar-refractivity contribution in [1.82, 2.24) is 9.55 Å². The Morgan fingerprint density at radius 1 is 1.12 bits per heavy atom. The largest absolute Gasteiger partial charge is 0.416 e. The quantitative estimate of drug-likeness (QED) is 0.532. The molecule has 7 nitrogen and oxygen atoms in total. The fourth-order valence-electron chi connectivity index (χ4n) is 1.06. The maximum atomic E-state index is 11.2. The van der Waals surface area contributed by atoms with Crippen LogP contribution in [-0.2, 0) is 16.6 Å². The zero-order valence-electron chi connectivity index (χ0n) is 8.17. The van der Waals surface area contributed by atoms with E-state index in [0.717, 1.165) is 16.7 Å². The number of nitrogens with zero attached hydrogens (tertiary/aromatic N) is 2. The predicted molar refractivity (Wildman–Crippen MR) is 49.9 cm³/mol. The summed E-state index contributed by atoms with van der Waals surface area (Å²) in [5, 5.41) is 0. The molecular weight excluding hydrogens is 216 g/mol. The SMILES string of the molecule is Cn1cc2c(nc1=O)OC(=O)/C=C/C(=O)O2. The van der Waals surface area contributed by atoms with Gasteiger partial charge in [0.15, 0.2) is 0 Å². The molecule has 0 N–H and O–H groups in total. The molecule has 7 heteroatoms. The highest BCUT2D eigenvalue weighted by Crippen LogP contribution is 2.23. The lowest BCUT2D eigenvalue weighted by Crippen LogP contribution is -2.23. The number of hydrogen-bond donors (Lipinski definition) is 0. The number of ether oxygens (including phenoxy) is 2. The monoisotopic (exact) mass is 222 g/mol. The summed E-state index contributed by atoms with van der Waals surface area (Å²) in [6, 6.07) is 0. The maximum absolute atomic E-state index is 11.2. The van der Waals surface area contributed by atoms with Gasteiger partial charge in [-0.1, -0.05) is 0 Å². The molecule has 1 aromatic rings. The number of hydrogen-bond acceptors (Lipinski definition) is 6. The Hall–Kier alpha value is -2.44. The summed E-state index contributed by atoms with van der Waals surface area (Å²) < 4.78 is 10.6. The van der Waals surface area contributed by atoms with Crippen molar-refractivity contribution < 1.29 is 19.1 Å². The summed E-state index contributed by atoms with van der Waals surface area (Å²) in [7, 11) is 1.43. The van der Waals surface area contributed by atoms with Crippen molar-refractivity contribution in [1.29, 1.82) is 0 Å². The van der Waals surface area contributed by atoms with Crippen LogP contribution in [0.1, 0.15) is 0 Å². The summed E-state index contributed by atoms with van der Waals surface area (Å²) in [4.78, 5) is 36.8. The van der Waals surface area contributed by atoms with Crippen LogP contribution in [0.3, 0.4) is 0 Å². The fraction of sp³-hybridized carbons (Fsp3) is 0.111. The van der Waals surface area contributed by atoms with Crippen LogP contribution in [0.5, 0.6) is 11.6 Å². The van der Waals surface area contributed by atoms with E-state index in [9.17, 15) is 14.4 Å². The first-order valence-corrected chi connectivity index (χ1v) is 4.25. The molecule has 16 heavy (non-hydrogen) atoms. The second kappa shape index (κ2) is 3.61. The average molecular weight is 222 g/mol. The van der Waals surface area contributed by atoms with E-state index in [1.54, 1.807) is 0 Å². The van der Waals surface area contributed by atoms with E-state index >= 15 is 0 Å². The second-order valence-electron chi connectivity index (χ2n) is 2.98. The van der Waals surface area contributed by atoms with Gasteiger partial charge in [-0.3, -0.25) is 4.57 Å². The first-order valence-electron chi connectivity index (χ1n) is 4.25. The van der Waals surface area contributed by atoms with Crippen LogP contribution in [0.2, 0.25) is 0 Å². The minimum absolute atomic E-state index is 0.0789. The van der Waals surface area contributed by atoms with Gasteiger partial charge in [-0.15, -0.1) is 0 Å². The van der Waals surface area contributed by atoms with Gasteiger partial charge in [0.05, 0.1) is 6.20 Å². The molecule has 0 saturated carbocycles. The molecule has 1 aromatic heterocycles. The Kier molecular flexibility index (Phi) is 2.28. The van der Waals surface area contributed by atoms with Crippen molar-refractivity contribution in [2.45, 2.75) is 0 Å². The molecule has 0 saturated heterocycles. The van der Waals surface area contributed by atoms with Crippen molar-refractivity contribution in [3.8, 4) is 11.6 Å². The highest BCUT2D eigenvalue weighted by atomic mass is 16.6. The molecule has 0 unspecified atom stereocenters. The third kappa shape index (κ3) is 1.83. The highest BCUT2D eigenvalue weighted by molar-refractivity contribution is 5.94. The van der Waals surface area contributed by atoms with Gasteiger partial charge in [0.25, 0.3) is 5.88 Å². The molecule has 2 heterocycles. The van der Waals surface area contributed by atoms with Gasteiger partial charge >= 0.3 is 17.6 Å². The molecule has 0 atom stereocenters. The van der Waals surface area contributed by atoms with E-state index < -0.39 is 17.6 Å². The van der Waals surface area contributed by atoms with Gasteiger partial charge in [0.1, 0.15) is 0 Å². The number of fused-ring (bicyclic) bond motifs is 1. The normalized spacial score (nSPS) is 16.6. The molecule has 2 rings (SSSR count). The summed E-state index contributed by atoms with van der Waals surface area (Å²) in [6.45, 7) is 0. The van der Waals surface area contributed by atoms with Crippen molar-refractivity contribution in [2.75, 3.05) is 0 Å². The van der Waals surface area contributed by atoms with Crippen LogP contribution in [0.15, 0.2) is 23.1 Å². The number of carbonyl (C=O) groups excluding carboxylic acids is 2. The van der Waals surface area contributed by atoms with Crippen LogP contribution in [0, 0.1) is 0 Å².